The van der Waals surface area contributed by atoms with Crippen molar-refractivity contribution < 1.29 is 9.90 Å². The lowest BCUT2D eigenvalue weighted by Gasteiger charge is -2.06. The van der Waals surface area contributed by atoms with Crippen LogP contribution >= 0.6 is 21.6 Å². The minimum absolute atomic E-state index is 0.0891. The fraction of sp³-hybridized carbons (Fsp3) is 0.800. The van der Waals surface area contributed by atoms with E-state index < -0.39 is 5.97 Å². The maximum atomic E-state index is 10.1. The number of nitrogens with one attached hydrogen (secondary N) is 1. The summed E-state index contributed by atoms with van der Waals surface area (Å²) < 4.78 is 0. The zero-order chi connectivity index (χ0) is 7.40. The topological polar surface area (TPSA) is 49.3 Å². The number of hydrogen-bond donors (Lipinski definition) is 2. The Morgan fingerprint density at radius 3 is 2.70 bits per heavy atom. The van der Waals surface area contributed by atoms with Crippen molar-refractivity contribution in [1.29, 1.82) is 0 Å². The van der Waals surface area contributed by atoms with Gasteiger partial charge in [0.05, 0.1) is 6.54 Å². The summed E-state index contributed by atoms with van der Waals surface area (Å²) in [7, 11) is 3.59. The van der Waals surface area contributed by atoms with Crippen molar-refractivity contribution in [3.8, 4) is 0 Å². The van der Waals surface area contributed by atoms with Crippen LogP contribution in [-0.4, -0.2) is 35.2 Å². The Morgan fingerprint density at radius 2 is 2.20 bits per heavy atom. The molecule has 1 fully saturated rings. The quantitative estimate of drug-likeness (QED) is 0.615. The van der Waals surface area contributed by atoms with Crippen LogP contribution in [0, 0.1) is 0 Å². The Bertz CT molecular complexity index is 125. The number of carboxylic acids is 1. The summed E-state index contributed by atoms with van der Waals surface area (Å²) in [5.41, 5.74) is 0. The molecule has 0 radical (unpaired) electrons. The van der Waals surface area contributed by atoms with Crippen LogP contribution in [0.3, 0.4) is 0 Å². The van der Waals surface area contributed by atoms with E-state index in [0.717, 1.165) is 11.5 Å². The summed E-state index contributed by atoms with van der Waals surface area (Å²) in [5.74, 6) is 1.28. The van der Waals surface area contributed by atoms with Gasteiger partial charge in [0.25, 0.3) is 0 Å². The molecule has 0 aromatic rings. The normalized spacial score (nSPS) is 19.6. The van der Waals surface area contributed by atoms with E-state index in [1.165, 1.54) is 0 Å². The highest BCUT2D eigenvalue weighted by Gasteiger charge is 2.15. The Morgan fingerprint density at radius 1 is 1.60 bits per heavy atom. The molecule has 1 rings (SSSR count). The van der Waals surface area contributed by atoms with Crippen LogP contribution < -0.4 is 5.32 Å². The van der Waals surface area contributed by atoms with Crippen LogP contribution in [0.2, 0.25) is 0 Å². The second kappa shape index (κ2) is 4.10. The molecule has 3 nitrogen and oxygen atoms in total. The highest BCUT2D eigenvalue weighted by atomic mass is 33.1. The average Bonchev–Trinajstić information content (AvgIpc) is 2.34. The number of carboxylic acid groups (broad SMARTS) is 1. The Kier molecular flexibility index (Phi) is 3.37. The minimum atomic E-state index is -0.776. The Labute approximate surface area is 67.3 Å². The lowest BCUT2D eigenvalue weighted by atomic mass is 10.4. The molecule has 2 N–H and O–H groups in total. The Hall–Kier alpha value is 0.130. The van der Waals surface area contributed by atoms with Gasteiger partial charge in [0.15, 0.2) is 0 Å². The van der Waals surface area contributed by atoms with Gasteiger partial charge in [-0.1, -0.05) is 21.6 Å². The molecular formula is C5H9NO2S2. The summed E-state index contributed by atoms with van der Waals surface area (Å²) in [5, 5.41) is 11.2. The first kappa shape index (κ1) is 8.23. The van der Waals surface area contributed by atoms with Gasteiger partial charge in [0.2, 0.25) is 0 Å². The highest BCUT2D eigenvalue weighted by molar-refractivity contribution is 8.77. The first-order valence-corrected chi connectivity index (χ1v) is 5.47. The zero-order valence-corrected chi connectivity index (χ0v) is 7.00. The average molecular weight is 179 g/mol. The third-order valence-electron chi connectivity index (χ3n) is 1.16. The molecule has 0 amide bonds. The molecule has 10 heavy (non-hydrogen) atoms. The van der Waals surface area contributed by atoms with Crippen LogP contribution in [0.1, 0.15) is 0 Å². The molecule has 0 aromatic heterocycles. The van der Waals surface area contributed by atoms with Gasteiger partial charge in [-0.05, 0) is 0 Å². The van der Waals surface area contributed by atoms with E-state index in [2.05, 4.69) is 5.32 Å². The second-order valence-corrected chi connectivity index (χ2v) is 4.59. The van der Waals surface area contributed by atoms with Crippen LogP contribution in [0.25, 0.3) is 0 Å². The molecule has 5 heteroatoms. The van der Waals surface area contributed by atoms with E-state index in [-0.39, 0.29) is 6.54 Å². The van der Waals surface area contributed by atoms with Crippen LogP contribution in [0.15, 0.2) is 0 Å². The molecule has 1 saturated heterocycles. The van der Waals surface area contributed by atoms with Crippen molar-refractivity contribution >= 4 is 27.6 Å². The third kappa shape index (κ3) is 2.81. The van der Waals surface area contributed by atoms with Gasteiger partial charge in [-0.15, -0.1) is 0 Å². The van der Waals surface area contributed by atoms with Gasteiger partial charge in [0, 0.05) is 17.5 Å². The van der Waals surface area contributed by atoms with E-state index in [0.29, 0.717) is 6.04 Å². The second-order valence-electron chi connectivity index (χ2n) is 2.04. The van der Waals surface area contributed by atoms with Crippen molar-refractivity contribution in [2.75, 3.05) is 18.1 Å². The van der Waals surface area contributed by atoms with Crippen molar-refractivity contribution in [1.82, 2.24) is 5.32 Å². The zero-order valence-electron chi connectivity index (χ0n) is 5.37. The molecule has 0 spiro atoms. The van der Waals surface area contributed by atoms with Gasteiger partial charge >= 0.3 is 5.97 Å². The molecule has 0 saturated carbocycles. The Balaban J connectivity index is 2.07. The van der Waals surface area contributed by atoms with Crippen molar-refractivity contribution in [2.45, 2.75) is 6.04 Å². The molecule has 1 aliphatic rings. The number of carbonyl (C=O) groups is 1. The third-order valence-corrected chi connectivity index (χ3v) is 3.72. The molecule has 1 heterocycles. The molecule has 1 aliphatic heterocycles. The van der Waals surface area contributed by atoms with Crippen molar-refractivity contribution in [3.05, 3.63) is 0 Å². The molecule has 0 aromatic carbocycles. The predicted molar refractivity (Wildman–Crippen MR) is 44.3 cm³/mol. The van der Waals surface area contributed by atoms with Crippen LogP contribution in [-0.2, 0) is 4.79 Å². The maximum absolute atomic E-state index is 10.1. The van der Waals surface area contributed by atoms with E-state index in [1.807, 2.05) is 0 Å². The lowest BCUT2D eigenvalue weighted by Crippen LogP contribution is -2.34. The summed E-state index contributed by atoms with van der Waals surface area (Å²) >= 11 is 0. The van der Waals surface area contributed by atoms with Crippen LogP contribution in [0.5, 0.6) is 0 Å². The maximum Gasteiger partial charge on any atom is 0.317 e. The largest absolute Gasteiger partial charge is 0.480 e. The summed E-state index contributed by atoms with van der Waals surface area (Å²) in [4.78, 5) is 10.1. The molecule has 58 valence electrons. The van der Waals surface area contributed by atoms with Gasteiger partial charge in [-0.2, -0.15) is 0 Å². The van der Waals surface area contributed by atoms with Gasteiger partial charge in [-0.3, -0.25) is 4.79 Å². The summed E-state index contributed by atoms with van der Waals surface area (Å²) in [6.45, 7) is 0.0891. The molecule has 0 unspecified atom stereocenters. The first-order chi connectivity index (χ1) is 4.79. The molecular weight excluding hydrogens is 170 g/mol. The molecule has 0 aliphatic carbocycles. The van der Waals surface area contributed by atoms with E-state index >= 15 is 0 Å². The van der Waals surface area contributed by atoms with Gasteiger partial charge in [-0.25, -0.2) is 0 Å². The number of rotatable bonds is 3. The van der Waals surface area contributed by atoms with Crippen molar-refractivity contribution in [3.63, 3.8) is 0 Å². The van der Waals surface area contributed by atoms with E-state index in [4.69, 9.17) is 5.11 Å². The predicted octanol–water partition coefficient (Wildman–Crippen LogP) is 0.424. The fourth-order valence-corrected chi connectivity index (χ4v) is 3.36. The van der Waals surface area contributed by atoms with E-state index in [1.54, 1.807) is 21.6 Å². The fourth-order valence-electron chi connectivity index (χ4n) is 0.658. The SMILES string of the molecule is O=C(O)CNC1CSSC1. The monoisotopic (exact) mass is 179 g/mol. The van der Waals surface area contributed by atoms with Gasteiger partial charge < -0.3 is 10.4 Å². The number of hydrogen-bond acceptors (Lipinski definition) is 4. The van der Waals surface area contributed by atoms with Gasteiger partial charge in [0.1, 0.15) is 0 Å². The minimum Gasteiger partial charge on any atom is -0.480 e. The number of aliphatic carboxylic acids is 1. The van der Waals surface area contributed by atoms with Crippen LogP contribution in [0.4, 0.5) is 0 Å². The molecule has 0 atom stereocenters. The smallest absolute Gasteiger partial charge is 0.317 e. The first-order valence-electron chi connectivity index (χ1n) is 2.98. The standard InChI is InChI=1S/C5H9NO2S2/c7-5(8)1-6-4-2-9-10-3-4/h4,6H,1-3H2,(H,7,8). The van der Waals surface area contributed by atoms with E-state index in [9.17, 15) is 4.79 Å². The molecule has 0 bridgehead atoms. The highest BCUT2D eigenvalue weighted by Crippen LogP contribution is 2.30. The summed E-state index contributed by atoms with van der Waals surface area (Å²) in [6, 6.07) is 0.395. The lowest BCUT2D eigenvalue weighted by molar-refractivity contribution is -0.136. The summed E-state index contributed by atoms with van der Waals surface area (Å²) in [6.07, 6.45) is 0. The van der Waals surface area contributed by atoms with Crippen molar-refractivity contribution in [2.24, 2.45) is 0 Å².